The summed E-state index contributed by atoms with van der Waals surface area (Å²) in [5.74, 6) is 0.958. The van der Waals surface area contributed by atoms with E-state index in [1.807, 2.05) is 12.1 Å². The first-order valence-corrected chi connectivity index (χ1v) is 4.80. The molecule has 0 amide bonds. The van der Waals surface area contributed by atoms with Crippen LogP contribution < -0.4 is 0 Å². The molecule has 0 radical (unpaired) electrons. The summed E-state index contributed by atoms with van der Waals surface area (Å²) in [6.45, 7) is 6.36. The molecule has 0 aliphatic carbocycles. The van der Waals surface area contributed by atoms with Crippen molar-refractivity contribution in [2.45, 2.75) is 20.8 Å². The second-order valence-electron chi connectivity index (χ2n) is 3.75. The third-order valence-corrected chi connectivity index (χ3v) is 2.44. The molecule has 0 atom stereocenters. The average Bonchev–Trinajstić information content (AvgIpc) is 2.54. The van der Waals surface area contributed by atoms with Gasteiger partial charge in [0.05, 0.1) is 6.26 Å². The normalized spacial score (nSPS) is 10.5. The second kappa shape index (κ2) is 3.33. The van der Waals surface area contributed by atoms with Crippen molar-refractivity contribution in [3.8, 4) is 11.3 Å². The van der Waals surface area contributed by atoms with Gasteiger partial charge in [0.15, 0.2) is 0 Å². The smallest absolute Gasteiger partial charge is 0.134 e. The van der Waals surface area contributed by atoms with E-state index < -0.39 is 0 Å². The van der Waals surface area contributed by atoms with Gasteiger partial charge in [-0.15, -0.1) is 0 Å². The van der Waals surface area contributed by atoms with Gasteiger partial charge in [0.1, 0.15) is 5.76 Å². The maximum Gasteiger partial charge on any atom is 0.134 e. The molecule has 1 nitrogen and oxygen atoms in total. The Bertz CT molecular complexity index is 415. The van der Waals surface area contributed by atoms with Crippen LogP contribution in [0.25, 0.3) is 11.3 Å². The molecule has 0 spiro atoms. The van der Waals surface area contributed by atoms with Crippen molar-refractivity contribution in [1.82, 2.24) is 0 Å². The van der Waals surface area contributed by atoms with Crippen LogP contribution >= 0.6 is 0 Å². The maximum atomic E-state index is 5.42. The third kappa shape index (κ3) is 1.46. The van der Waals surface area contributed by atoms with Crippen LogP contribution in [-0.2, 0) is 0 Å². The van der Waals surface area contributed by atoms with Crippen molar-refractivity contribution in [3.63, 3.8) is 0 Å². The summed E-state index contributed by atoms with van der Waals surface area (Å²) in [6, 6.07) is 8.30. The van der Waals surface area contributed by atoms with E-state index in [0.29, 0.717) is 0 Å². The van der Waals surface area contributed by atoms with Crippen LogP contribution in [0.15, 0.2) is 34.9 Å². The van der Waals surface area contributed by atoms with E-state index in [0.717, 1.165) is 5.76 Å². The lowest BCUT2D eigenvalue weighted by atomic mass is 9.98. The van der Waals surface area contributed by atoms with Crippen LogP contribution in [0.5, 0.6) is 0 Å². The molecule has 0 fully saturated rings. The van der Waals surface area contributed by atoms with Gasteiger partial charge in [-0.05, 0) is 44.0 Å². The fraction of sp³-hybridized carbons (Fsp3) is 0.231. The van der Waals surface area contributed by atoms with Crippen molar-refractivity contribution in [2.24, 2.45) is 0 Å². The molecule has 1 heterocycles. The highest BCUT2D eigenvalue weighted by atomic mass is 16.3. The lowest BCUT2D eigenvalue weighted by Crippen LogP contribution is -1.88. The number of hydrogen-bond acceptors (Lipinski definition) is 1. The number of benzene rings is 1. The molecule has 1 heteroatoms. The van der Waals surface area contributed by atoms with E-state index in [1.54, 1.807) is 6.26 Å². The molecule has 72 valence electrons. The van der Waals surface area contributed by atoms with E-state index in [-0.39, 0.29) is 0 Å². The molecule has 0 unspecified atom stereocenters. The number of rotatable bonds is 1. The first-order valence-electron chi connectivity index (χ1n) is 4.80. The summed E-state index contributed by atoms with van der Waals surface area (Å²) in [7, 11) is 0. The van der Waals surface area contributed by atoms with Crippen LogP contribution in [0.1, 0.15) is 16.7 Å². The van der Waals surface area contributed by atoms with E-state index in [4.69, 9.17) is 4.42 Å². The van der Waals surface area contributed by atoms with Crippen molar-refractivity contribution >= 4 is 0 Å². The van der Waals surface area contributed by atoms with Crippen LogP contribution in [0.3, 0.4) is 0 Å². The molecule has 1 aromatic heterocycles. The van der Waals surface area contributed by atoms with Crippen LogP contribution in [-0.4, -0.2) is 0 Å². The van der Waals surface area contributed by atoms with Gasteiger partial charge in [0.25, 0.3) is 0 Å². The fourth-order valence-corrected chi connectivity index (χ4v) is 1.99. The molecule has 0 saturated carbocycles. The Morgan fingerprint density at radius 1 is 1.00 bits per heavy atom. The summed E-state index contributed by atoms with van der Waals surface area (Å²) in [5, 5.41) is 0. The Kier molecular flexibility index (Phi) is 2.16. The van der Waals surface area contributed by atoms with E-state index in [2.05, 4.69) is 32.9 Å². The van der Waals surface area contributed by atoms with Gasteiger partial charge in [-0.2, -0.15) is 0 Å². The van der Waals surface area contributed by atoms with Crippen LogP contribution in [0.4, 0.5) is 0 Å². The predicted octanol–water partition coefficient (Wildman–Crippen LogP) is 3.87. The third-order valence-electron chi connectivity index (χ3n) is 2.44. The van der Waals surface area contributed by atoms with Gasteiger partial charge in [-0.3, -0.25) is 0 Å². The van der Waals surface area contributed by atoms with Crippen molar-refractivity contribution < 1.29 is 4.42 Å². The van der Waals surface area contributed by atoms with Gasteiger partial charge < -0.3 is 4.42 Å². The Labute approximate surface area is 84.4 Å². The summed E-state index contributed by atoms with van der Waals surface area (Å²) < 4.78 is 5.42. The molecule has 0 saturated heterocycles. The molecule has 0 aliphatic rings. The zero-order valence-electron chi connectivity index (χ0n) is 8.79. The van der Waals surface area contributed by atoms with E-state index >= 15 is 0 Å². The van der Waals surface area contributed by atoms with Gasteiger partial charge in [-0.1, -0.05) is 17.7 Å². The summed E-state index contributed by atoms with van der Waals surface area (Å²) in [6.07, 6.45) is 1.72. The Morgan fingerprint density at radius 2 is 1.64 bits per heavy atom. The van der Waals surface area contributed by atoms with Crippen molar-refractivity contribution in [2.75, 3.05) is 0 Å². The Balaban J connectivity index is 2.64. The second-order valence-corrected chi connectivity index (χ2v) is 3.75. The molecular formula is C13H14O. The monoisotopic (exact) mass is 186 g/mol. The molecular weight excluding hydrogens is 172 g/mol. The zero-order chi connectivity index (χ0) is 10.1. The lowest BCUT2D eigenvalue weighted by molar-refractivity contribution is 0.581. The van der Waals surface area contributed by atoms with Gasteiger partial charge in [0, 0.05) is 5.56 Å². The molecule has 14 heavy (non-hydrogen) atoms. The van der Waals surface area contributed by atoms with Gasteiger partial charge >= 0.3 is 0 Å². The van der Waals surface area contributed by atoms with Crippen LogP contribution in [0, 0.1) is 20.8 Å². The predicted molar refractivity (Wildman–Crippen MR) is 58.4 cm³/mol. The quantitative estimate of drug-likeness (QED) is 0.658. The highest BCUT2D eigenvalue weighted by Gasteiger charge is 2.08. The first kappa shape index (κ1) is 9.07. The van der Waals surface area contributed by atoms with E-state index in [9.17, 15) is 0 Å². The first-order chi connectivity index (χ1) is 6.68. The van der Waals surface area contributed by atoms with Gasteiger partial charge in [0.2, 0.25) is 0 Å². The van der Waals surface area contributed by atoms with Crippen LogP contribution in [0.2, 0.25) is 0 Å². The highest BCUT2D eigenvalue weighted by Crippen LogP contribution is 2.28. The lowest BCUT2D eigenvalue weighted by Gasteiger charge is -2.08. The minimum atomic E-state index is 0.958. The molecule has 2 aromatic rings. The minimum Gasteiger partial charge on any atom is -0.464 e. The average molecular weight is 186 g/mol. The van der Waals surface area contributed by atoms with E-state index in [1.165, 1.54) is 22.3 Å². The SMILES string of the molecule is Cc1cc(C)c(-c2ccco2)c(C)c1. The number of furan rings is 1. The van der Waals surface area contributed by atoms with Gasteiger partial charge in [-0.25, -0.2) is 0 Å². The molecule has 0 bridgehead atoms. The zero-order valence-corrected chi connectivity index (χ0v) is 8.79. The molecule has 0 aliphatic heterocycles. The Hall–Kier alpha value is -1.50. The Morgan fingerprint density at radius 3 is 2.14 bits per heavy atom. The topological polar surface area (TPSA) is 13.1 Å². The number of aryl methyl sites for hydroxylation is 3. The molecule has 0 N–H and O–H groups in total. The largest absolute Gasteiger partial charge is 0.464 e. The van der Waals surface area contributed by atoms with Crippen molar-refractivity contribution in [1.29, 1.82) is 0 Å². The minimum absolute atomic E-state index is 0.958. The highest BCUT2D eigenvalue weighted by molar-refractivity contribution is 5.66. The summed E-state index contributed by atoms with van der Waals surface area (Å²) in [4.78, 5) is 0. The summed E-state index contributed by atoms with van der Waals surface area (Å²) in [5.41, 5.74) is 5.07. The molecule has 1 aromatic carbocycles. The molecule has 2 rings (SSSR count). The standard InChI is InChI=1S/C13H14O/c1-9-7-10(2)13(11(3)8-9)12-5-4-6-14-12/h4-8H,1-3H3. The fourth-order valence-electron chi connectivity index (χ4n) is 1.99. The number of hydrogen-bond donors (Lipinski definition) is 0. The maximum absolute atomic E-state index is 5.42. The van der Waals surface area contributed by atoms with Crippen molar-refractivity contribution in [3.05, 3.63) is 47.2 Å². The summed E-state index contributed by atoms with van der Waals surface area (Å²) >= 11 is 0.